The quantitative estimate of drug-likeness (QED) is 0.288. The summed E-state index contributed by atoms with van der Waals surface area (Å²) < 4.78 is 10.7. The van der Waals surface area contributed by atoms with E-state index in [4.69, 9.17) is 9.26 Å². The predicted molar refractivity (Wildman–Crippen MR) is 134 cm³/mol. The van der Waals surface area contributed by atoms with E-state index in [1.54, 1.807) is 19.2 Å². The molecule has 0 unspecified atom stereocenters. The van der Waals surface area contributed by atoms with Gasteiger partial charge < -0.3 is 19.1 Å². The van der Waals surface area contributed by atoms with E-state index >= 15 is 0 Å². The number of rotatable bonds is 6. The fourth-order valence-corrected chi connectivity index (χ4v) is 4.31. The minimum Gasteiger partial charge on any atom is -0.497 e. The van der Waals surface area contributed by atoms with E-state index in [0.29, 0.717) is 30.2 Å². The van der Waals surface area contributed by atoms with Crippen LogP contribution < -0.4 is 14.5 Å². The Hall–Kier alpha value is -4.40. The van der Waals surface area contributed by atoms with E-state index in [2.05, 4.69) is 15.0 Å². The fourth-order valence-electron chi connectivity index (χ4n) is 4.31. The lowest BCUT2D eigenvalue weighted by Gasteiger charge is -2.37. The summed E-state index contributed by atoms with van der Waals surface area (Å²) in [5.74, 6) is 1.51. The Balaban J connectivity index is 1.34. The van der Waals surface area contributed by atoms with Gasteiger partial charge in [0, 0.05) is 49.1 Å². The van der Waals surface area contributed by atoms with Gasteiger partial charge in [-0.2, -0.15) is 4.98 Å². The van der Waals surface area contributed by atoms with Crippen molar-refractivity contribution in [3.63, 3.8) is 0 Å². The number of hydrogen-bond acceptors (Lipinski definition) is 8. The van der Waals surface area contributed by atoms with Crippen molar-refractivity contribution < 1.29 is 14.2 Å². The highest BCUT2D eigenvalue weighted by atomic mass is 16.6. The molecule has 35 heavy (non-hydrogen) atoms. The summed E-state index contributed by atoms with van der Waals surface area (Å²) in [5, 5.41) is 16.0. The molecule has 4 aromatic rings. The molecule has 0 bridgehead atoms. The van der Waals surface area contributed by atoms with Gasteiger partial charge in [0.05, 0.1) is 12.0 Å². The third-order valence-corrected chi connectivity index (χ3v) is 6.18. The summed E-state index contributed by atoms with van der Waals surface area (Å²) in [7, 11) is 1.65. The maximum atomic E-state index is 11.9. The van der Waals surface area contributed by atoms with Gasteiger partial charge in [0.1, 0.15) is 11.4 Å². The fraction of sp³-hybridized carbons (Fsp3) is 0.231. The van der Waals surface area contributed by atoms with Gasteiger partial charge in [-0.05, 0) is 49.4 Å². The zero-order valence-electron chi connectivity index (χ0n) is 19.5. The monoisotopic (exact) mass is 471 g/mol. The molecule has 1 aliphatic rings. The summed E-state index contributed by atoms with van der Waals surface area (Å²) in [4.78, 5) is 20.4. The molecule has 5 rings (SSSR count). The smallest absolute Gasteiger partial charge is 0.293 e. The largest absolute Gasteiger partial charge is 0.497 e. The first-order valence-corrected chi connectivity index (χ1v) is 11.4. The number of benzene rings is 3. The first kappa shape index (κ1) is 22.4. The minimum absolute atomic E-state index is 0.0238. The van der Waals surface area contributed by atoms with E-state index in [-0.39, 0.29) is 16.5 Å². The number of anilines is 2. The molecule has 0 radical (unpaired) electrons. The molecule has 1 aliphatic heterocycles. The van der Waals surface area contributed by atoms with Gasteiger partial charge in [0.25, 0.3) is 11.6 Å². The van der Waals surface area contributed by atoms with E-state index in [0.717, 1.165) is 35.7 Å². The van der Waals surface area contributed by atoms with Crippen LogP contribution >= 0.6 is 0 Å². The van der Waals surface area contributed by atoms with Crippen molar-refractivity contribution in [3.8, 4) is 28.6 Å². The van der Waals surface area contributed by atoms with Crippen molar-refractivity contribution in [1.82, 2.24) is 10.1 Å². The summed E-state index contributed by atoms with van der Waals surface area (Å²) >= 11 is 0. The second-order valence-corrected chi connectivity index (χ2v) is 8.43. The second-order valence-electron chi connectivity index (χ2n) is 8.43. The highest BCUT2D eigenvalue weighted by Gasteiger charge is 2.25. The number of nitro benzene ring substituents is 1. The Kier molecular flexibility index (Phi) is 6.05. The number of piperazine rings is 1. The molecular formula is C26H25N5O4. The van der Waals surface area contributed by atoms with Crippen LogP contribution in [-0.4, -0.2) is 48.4 Å². The van der Waals surface area contributed by atoms with Crippen LogP contribution in [0.5, 0.6) is 5.75 Å². The van der Waals surface area contributed by atoms with Gasteiger partial charge in [-0.1, -0.05) is 28.9 Å². The molecule has 1 fully saturated rings. The first-order chi connectivity index (χ1) is 17.0. The normalized spacial score (nSPS) is 13.7. The average molecular weight is 472 g/mol. The number of aryl methyl sites for hydroxylation is 1. The predicted octanol–water partition coefficient (Wildman–Crippen LogP) is 4.96. The Morgan fingerprint density at radius 2 is 1.69 bits per heavy atom. The molecule has 0 aliphatic carbocycles. The maximum Gasteiger partial charge on any atom is 0.293 e. The van der Waals surface area contributed by atoms with Gasteiger partial charge in [-0.3, -0.25) is 10.1 Å². The van der Waals surface area contributed by atoms with Crippen LogP contribution in [0.3, 0.4) is 0 Å². The molecule has 0 amide bonds. The van der Waals surface area contributed by atoms with Crippen LogP contribution in [0.25, 0.3) is 22.8 Å². The Morgan fingerprint density at radius 3 is 2.37 bits per heavy atom. The van der Waals surface area contributed by atoms with Crippen molar-refractivity contribution in [3.05, 3.63) is 82.4 Å². The number of nitro groups is 1. The number of hydrogen-bond donors (Lipinski definition) is 0. The van der Waals surface area contributed by atoms with E-state index in [1.807, 2.05) is 60.4 Å². The van der Waals surface area contributed by atoms with Crippen LogP contribution in [0, 0.1) is 17.0 Å². The number of methoxy groups -OCH3 is 1. The molecule has 178 valence electrons. The standard InChI is InChI=1S/C26H25N5O4/c1-18-4-3-5-19(16-18)25-27-26(35-28-25)20-6-11-23(24(17-20)31(32)33)30-14-12-29(13-15-30)21-7-9-22(34-2)10-8-21/h3-11,16-17H,12-15H2,1-2H3. The Morgan fingerprint density at radius 1 is 0.943 bits per heavy atom. The molecule has 9 heteroatoms. The Bertz CT molecular complexity index is 1340. The van der Waals surface area contributed by atoms with Gasteiger partial charge in [-0.15, -0.1) is 0 Å². The van der Waals surface area contributed by atoms with Crippen LogP contribution in [0.1, 0.15) is 5.56 Å². The summed E-state index contributed by atoms with van der Waals surface area (Å²) in [5.41, 5.74) is 4.16. The lowest BCUT2D eigenvalue weighted by atomic mass is 10.1. The summed E-state index contributed by atoms with van der Waals surface area (Å²) in [6.07, 6.45) is 0. The van der Waals surface area contributed by atoms with Crippen molar-refractivity contribution in [2.75, 3.05) is 43.1 Å². The van der Waals surface area contributed by atoms with E-state index < -0.39 is 0 Å². The lowest BCUT2D eigenvalue weighted by molar-refractivity contribution is -0.384. The van der Waals surface area contributed by atoms with Crippen molar-refractivity contribution >= 4 is 17.1 Å². The average Bonchev–Trinajstić information content (AvgIpc) is 3.39. The zero-order chi connectivity index (χ0) is 24.4. The van der Waals surface area contributed by atoms with Gasteiger partial charge in [0.15, 0.2) is 0 Å². The summed E-state index contributed by atoms with van der Waals surface area (Å²) in [6, 6.07) is 20.8. The SMILES string of the molecule is COc1ccc(N2CCN(c3ccc(-c4nc(-c5cccc(C)c5)no4)cc3[N+](=O)[O-])CC2)cc1. The van der Waals surface area contributed by atoms with Gasteiger partial charge >= 0.3 is 0 Å². The van der Waals surface area contributed by atoms with Crippen LogP contribution in [0.4, 0.5) is 17.1 Å². The topological polar surface area (TPSA) is 97.8 Å². The van der Waals surface area contributed by atoms with E-state index in [1.165, 1.54) is 6.07 Å². The van der Waals surface area contributed by atoms with Crippen molar-refractivity contribution in [2.45, 2.75) is 6.92 Å². The molecule has 3 aromatic carbocycles. The third kappa shape index (κ3) is 4.65. The van der Waals surface area contributed by atoms with Crippen LogP contribution in [0.15, 0.2) is 71.3 Å². The first-order valence-electron chi connectivity index (χ1n) is 11.4. The number of ether oxygens (including phenoxy) is 1. The second kappa shape index (κ2) is 9.46. The molecule has 1 aromatic heterocycles. The van der Waals surface area contributed by atoms with Crippen LogP contribution in [0.2, 0.25) is 0 Å². The van der Waals surface area contributed by atoms with Crippen molar-refractivity contribution in [2.24, 2.45) is 0 Å². The molecule has 0 saturated carbocycles. The molecule has 0 atom stereocenters. The molecular weight excluding hydrogens is 446 g/mol. The molecule has 1 saturated heterocycles. The highest BCUT2D eigenvalue weighted by molar-refractivity contribution is 5.72. The lowest BCUT2D eigenvalue weighted by Crippen LogP contribution is -2.46. The van der Waals surface area contributed by atoms with E-state index in [9.17, 15) is 10.1 Å². The number of aromatic nitrogens is 2. The third-order valence-electron chi connectivity index (χ3n) is 6.18. The Labute approximate surface area is 202 Å². The molecule has 2 heterocycles. The molecule has 9 nitrogen and oxygen atoms in total. The van der Waals surface area contributed by atoms with Crippen molar-refractivity contribution in [1.29, 1.82) is 0 Å². The molecule has 0 spiro atoms. The molecule has 0 N–H and O–H groups in total. The van der Waals surface area contributed by atoms with Crippen LogP contribution in [-0.2, 0) is 0 Å². The number of nitrogens with zero attached hydrogens (tertiary/aromatic N) is 5. The van der Waals surface area contributed by atoms with Gasteiger partial charge in [-0.25, -0.2) is 0 Å². The minimum atomic E-state index is -0.355. The summed E-state index contributed by atoms with van der Waals surface area (Å²) in [6.45, 7) is 4.85. The zero-order valence-corrected chi connectivity index (χ0v) is 19.5. The van der Waals surface area contributed by atoms with Gasteiger partial charge in [0.2, 0.25) is 5.82 Å². The highest BCUT2D eigenvalue weighted by Crippen LogP contribution is 2.34. The maximum absolute atomic E-state index is 11.9.